The molecule has 206 valence electrons. The Morgan fingerprint density at radius 1 is 0.825 bits per heavy atom. The van der Waals surface area contributed by atoms with E-state index in [0.29, 0.717) is 10.9 Å². The van der Waals surface area contributed by atoms with Crippen LogP contribution >= 0.6 is 0 Å². The van der Waals surface area contributed by atoms with Gasteiger partial charge in [-0.3, -0.25) is 9.36 Å². The van der Waals surface area contributed by atoms with Crippen LogP contribution < -0.4 is 27.3 Å². The number of rotatable bonds is 3. The maximum atomic E-state index is 13.3. The molecule has 0 bridgehead atoms. The van der Waals surface area contributed by atoms with Gasteiger partial charge >= 0.3 is 11.3 Å². The van der Waals surface area contributed by atoms with Gasteiger partial charge in [-0.25, -0.2) is 9.59 Å². The van der Waals surface area contributed by atoms with Gasteiger partial charge in [-0.15, -0.1) is 0 Å². The Kier molecular flexibility index (Phi) is 7.57. The van der Waals surface area contributed by atoms with Crippen molar-refractivity contribution in [1.82, 2.24) is 9.13 Å². The zero-order valence-electron chi connectivity index (χ0n) is 22.4. The van der Waals surface area contributed by atoms with Crippen LogP contribution in [-0.4, -0.2) is 27.3 Å². The number of aromatic hydroxyl groups is 1. The second kappa shape index (κ2) is 11.2. The molecule has 1 aliphatic rings. The third-order valence-electron chi connectivity index (χ3n) is 7.49. The molecule has 0 saturated carbocycles. The molecule has 3 aromatic carbocycles. The second-order valence-corrected chi connectivity index (χ2v) is 10.0. The summed E-state index contributed by atoms with van der Waals surface area (Å²) < 4.78 is 7.11. The maximum Gasteiger partial charge on any atom is 0.344 e. The number of para-hydroxylation sites is 1. The Hall–Kier alpha value is -4.63. The highest BCUT2D eigenvalue weighted by molar-refractivity contribution is 5.89. The van der Waals surface area contributed by atoms with Crippen molar-refractivity contribution in [2.45, 2.75) is 25.2 Å². The van der Waals surface area contributed by atoms with Gasteiger partial charge in [-0.1, -0.05) is 54.6 Å². The Labute approximate surface area is 229 Å². The molecule has 0 radical (unpaired) electrons. The van der Waals surface area contributed by atoms with E-state index in [-0.39, 0.29) is 27.8 Å². The van der Waals surface area contributed by atoms with Crippen molar-refractivity contribution >= 4 is 21.7 Å². The number of hydrogen-bond acceptors (Lipinski definition) is 6. The fourth-order valence-electron chi connectivity index (χ4n) is 5.36. The highest BCUT2D eigenvalue weighted by atomic mass is 16.4. The normalized spacial score (nSPS) is 14.1. The molecular formula is C31H31N3O6. The summed E-state index contributed by atoms with van der Waals surface area (Å²) in [4.78, 5) is 38.9. The van der Waals surface area contributed by atoms with Gasteiger partial charge in [0.1, 0.15) is 11.3 Å². The average Bonchev–Trinajstić information content (AvgIpc) is 2.99. The van der Waals surface area contributed by atoms with Gasteiger partial charge in [0.25, 0.3) is 5.56 Å². The fourth-order valence-corrected chi connectivity index (χ4v) is 5.36. The van der Waals surface area contributed by atoms with Crippen LogP contribution in [0.4, 0.5) is 0 Å². The van der Waals surface area contributed by atoms with Gasteiger partial charge < -0.3 is 24.5 Å². The zero-order valence-corrected chi connectivity index (χ0v) is 22.4. The van der Waals surface area contributed by atoms with E-state index in [1.807, 2.05) is 18.2 Å². The number of nitrogens with two attached hydrogens (primary N) is 1. The fraction of sp³-hybridized carbons (Fsp3) is 0.258. The lowest BCUT2D eigenvalue weighted by atomic mass is 9.83. The third kappa shape index (κ3) is 4.80. The molecule has 0 amide bonds. The van der Waals surface area contributed by atoms with Crippen LogP contribution in [0.1, 0.15) is 41.9 Å². The summed E-state index contributed by atoms with van der Waals surface area (Å²) in [6, 6.07) is 19.0. The number of quaternary nitrogens is 1. The number of fused-ring (bicyclic) bond motifs is 2. The quantitative estimate of drug-likeness (QED) is 0.336. The molecule has 0 aliphatic carbocycles. The molecule has 1 aliphatic heterocycles. The van der Waals surface area contributed by atoms with Gasteiger partial charge in [0.15, 0.2) is 0 Å². The number of nitrogens with zero attached hydrogens (tertiary/aromatic N) is 2. The summed E-state index contributed by atoms with van der Waals surface area (Å²) in [6.45, 7) is 2.75. The molecular weight excluding hydrogens is 510 g/mol. The van der Waals surface area contributed by atoms with E-state index in [9.17, 15) is 24.6 Å². The summed E-state index contributed by atoms with van der Waals surface area (Å²) in [6.07, 6.45) is 4.36. The van der Waals surface area contributed by atoms with Crippen molar-refractivity contribution in [3.63, 3.8) is 0 Å². The molecule has 9 nitrogen and oxygen atoms in total. The predicted octanol–water partition coefficient (Wildman–Crippen LogP) is 2.04. The van der Waals surface area contributed by atoms with Crippen LogP contribution in [0.3, 0.4) is 0 Å². The zero-order chi connectivity index (χ0) is 28.4. The van der Waals surface area contributed by atoms with Gasteiger partial charge in [0.2, 0.25) is 0 Å². The molecule has 1 atom stereocenters. The highest BCUT2D eigenvalue weighted by Crippen LogP contribution is 2.41. The lowest BCUT2D eigenvalue weighted by molar-refractivity contribution is -0.662. The van der Waals surface area contributed by atoms with Crippen LogP contribution in [0.25, 0.3) is 21.7 Å². The molecule has 9 heteroatoms. The smallest absolute Gasteiger partial charge is 0.344 e. The minimum absolute atomic E-state index is 0.168. The lowest BCUT2D eigenvalue weighted by Gasteiger charge is -2.26. The van der Waals surface area contributed by atoms with E-state index >= 15 is 0 Å². The van der Waals surface area contributed by atoms with Crippen LogP contribution in [0.5, 0.6) is 11.6 Å². The van der Waals surface area contributed by atoms with Crippen LogP contribution in [0.15, 0.2) is 85.5 Å². The second-order valence-electron chi connectivity index (χ2n) is 10.0. The molecule has 40 heavy (non-hydrogen) atoms. The van der Waals surface area contributed by atoms with E-state index in [1.165, 1.54) is 52.5 Å². The van der Waals surface area contributed by atoms with Gasteiger partial charge in [-0.05, 0) is 53.6 Å². The average molecular weight is 542 g/mol. The Morgan fingerprint density at radius 2 is 1.48 bits per heavy atom. The summed E-state index contributed by atoms with van der Waals surface area (Å²) in [5.74, 6) is -2.52. The Bertz CT molecular complexity index is 1860. The SMILES string of the molecule is C1CC[NH2+]CC1.Cn1c([O-])c(C(c2c(O)c3ccccc3oc2=O)c2cccc3ccccc23)c(=O)n(C)c1=O. The topological polar surface area (TPSA) is 134 Å². The van der Waals surface area contributed by atoms with Crippen molar-refractivity contribution in [3.8, 4) is 11.6 Å². The minimum atomic E-state index is -1.29. The summed E-state index contributed by atoms with van der Waals surface area (Å²) >= 11 is 0. The Morgan fingerprint density at radius 3 is 2.15 bits per heavy atom. The number of aromatic nitrogens is 2. The first-order valence-corrected chi connectivity index (χ1v) is 13.3. The van der Waals surface area contributed by atoms with Crippen LogP contribution in [-0.2, 0) is 14.1 Å². The maximum absolute atomic E-state index is 13.3. The van der Waals surface area contributed by atoms with Crippen LogP contribution in [0.2, 0.25) is 0 Å². The van der Waals surface area contributed by atoms with E-state index in [4.69, 9.17) is 4.42 Å². The summed E-state index contributed by atoms with van der Waals surface area (Å²) in [5.41, 5.74) is -2.49. The van der Waals surface area contributed by atoms with E-state index in [0.717, 1.165) is 14.5 Å². The van der Waals surface area contributed by atoms with Gasteiger partial charge in [0.05, 0.1) is 30.0 Å². The molecule has 0 spiro atoms. The first-order valence-electron chi connectivity index (χ1n) is 13.3. The molecule has 3 N–H and O–H groups in total. The highest BCUT2D eigenvalue weighted by Gasteiger charge is 2.31. The van der Waals surface area contributed by atoms with Crippen LogP contribution in [0, 0.1) is 0 Å². The van der Waals surface area contributed by atoms with E-state index in [1.54, 1.807) is 42.5 Å². The first-order chi connectivity index (χ1) is 19.3. The van der Waals surface area contributed by atoms with E-state index in [2.05, 4.69) is 5.32 Å². The molecule has 1 unspecified atom stereocenters. The van der Waals surface area contributed by atoms with Crippen molar-refractivity contribution in [1.29, 1.82) is 0 Å². The number of hydrogen-bond donors (Lipinski definition) is 2. The monoisotopic (exact) mass is 541 g/mol. The van der Waals surface area contributed by atoms with E-state index < -0.39 is 28.7 Å². The van der Waals surface area contributed by atoms with Crippen molar-refractivity contribution in [2.75, 3.05) is 13.1 Å². The van der Waals surface area contributed by atoms with Gasteiger partial charge in [-0.2, -0.15) is 0 Å². The molecule has 6 rings (SSSR count). The summed E-state index contributed by atoms with van der Waals surface area (Å²) in [5, 5.41) is 28.7. The minimum Gasteiger partial charge on any atom is -0.860 e. The predicted molar refractivity (Wildman–Crippen MR) is 151 cm³/mol. The Balaban J connectivity index is 0.000000477. The molecule has 1 fully saturated rings. The number of benzene rings is 3. The molecule has 3 heterocycles. The molecule has 1 saturated heterocycles. The number of piperidine rings is 1. The standard InChI is InChI=1S/C26H20N2O6.C5H11N/c1-27-23(30)21(24(31)28(2)26(27)33)19(16-12-7-9-14-8-3-4-10-15(14)16)20-22(29)17-11-5-6-13-18(17)34-25(20)32;1-2-4-6-5-3-1/h3-13,19,29-30H,1-2H3;6H,1-5H2. The third-order valence-corrected chi connectivity index (χ3v) is 7.49. The van der Waals surface area contributed by atoms with Crippen molar-refractivity contribution in [3.05, 3.63) is 115 Å². The largest absolute Gasteiger partial charge is 0.860 e. The lowest BCUT2D eigenvalue weighted by Crippen LogP contribution is -2.85. The van der Waals surface area contributed by atoms with Crippen molar-refractivity contribution < 1.29 is 19.9 Å². The van der Waals surface area contributed by atoms with Crippen molar-refractivity contribution in [2.24, 2.45) is 14.1 Å². The summed E-state index contributed by atoms with van der Waals surface area (Å²) in [7, 11) is 2.52. The molecule has 5 aromatic rings. The van der Waals surface area contributed by atoms with Gasteiger partial charge in [0, 0.05) is 19.7 Å². The first kappa shape index (κ1) is 27.0. The molecule has 2 aromatic heterocycles.